The van der Waals surface area contributed by atoms with E-state index < -0.39 is 5.67 Å². The first kappa shape index (κ1) is 7.44. The largest absolute Gasteiger partial charge is 0.336 e. The van der Waals surface area contributed by atoms with Crippen LogP contribution < -0.4 is 5.32 Å². The zero-order valence-corrected chi connectivity index (χ0v) is 7.22. The topological polar surface area (TPSA) is 51.0 Å². The van der Waals surface area contributed by atoms with Gasteiger partial charge in [-0.05, 0) is 26.3 Å². The minimum atomic E-state index is -1.54. The molecule has 13 heavy (non-hydrogen) atoms. The second-order valence-corrected chi connectivity index (χ2v) is 3.26. The molecule has 1 N–H and O–H groups in total. The van der Waals surface area contributed by atoms with Crippen LogP contribution in [0.25, 0.3) is 0 Å². The minimum absolute atomic E-state index is 0.00644. The SMILES string of the molecule is [2H]Cc1noc(C2(F)CCCNC2)n1. The Kier molecular flexibility index (Phi) is 1.75. The molecule has 2 rings (SSSR count). The van der Waals surface area contributed by atoms with Gasteiger partial charge in [0.15, 0.2) is 5.82 Å². The average Bonchev–Trinajstić information content (AvgIpc) is 2.67. The maximum absolute atomic E-state index is 14.1. The van der Waals surface area contributed by atoms with E-state index in [4.69, 9.17) is 5.89 Å². The summed E-state index contributed by atoms with van der Waals surface area (Å²) in [6.45, 7) is 0.963. The molecular weight excluding hydrogens is 173 g/mol. The van der Waals surface area contributed by atoms with Crippen LogP contribution in [0.15, 0.2) is 4.52 Å². The van der Waals surface area contributed by atoms with Crippen LogP contribution in [0.2, 0.25) is 0 Å². The molecular formula is C8H12FN3O. The fraction of sp³-hybridized carbons (Fsp3) is 0.750. The van der Waals surface area contributed by atoms with E-state index in [-0.39, 0.29) is 25.2 Å². The van der Waals surface area contributed by atoms with Crippen molar-refractivity contribution in [3.63, 3.8) is 0 Å². The molecule has 5 heteroatoms. The van der Waals surface area contributed by atoms with Crippen molar-refractivity contribution in [3.8, 4) is 0 Å². The molecule has 1 aromatic heterocycles. The zero-order chi connectivity index (χ0) is 10.0. The fourth-order valence-corrected chi connectivity index (χ4v) is 1.49. The van der Waals surface area contributed by atoms with Gasteiger partial charge in [-0.2, -0.15) is 4.98 Å². The molecule has 1 unspecified atom stereocenters. The molecule has 72 valence electrons. The van der Waals surface area contributed by atoms with Crippen LogP contribution in [0, 0.1) is 6.90 Å². The minimum Gasteiger partial charge on any atom is -0.336 e. The lowest BCUT2D eigenvalue weighted by Gasteiger charge is -2.26. The Morgan fingerprint density at radius 1 is 1.77 bits per heavy atom. The van der Waals surface area contributed by atoms with Crippen molar-refractivity contribution in [2.75, 3.05) is 13.1 Å². The summed E-state index contributed by atoms with van der Waals surface area (Å²) in [4.78, 5) is 3.84. The monoisotopic (exact) mass is 186 g/mol. The lowest BCUT2D eigenvalue weighted by atomic mass is 9.96. The molecule has 0 aliphatic carbocycles. The molecule has 0 amide bonds. The van der Waals surface area contributed by atoms with E-state index in [1.807, 2.05) is 0 Å². The van der Waals surface area contributed by atoms with Crippen LogP contribution in [0.1, 0.15) is 25.9 Å². The molecule has 0 bridgehead atoms. The smallest absolute Gasteiger partial charge is 0.265 e. The first-order chi connectivity index (χ1) is 6.74. The maximum atomic E-state index is 14.1. The van der Waals surface area contributed by atoms with Gasteiger partial charge in [-0.15, -0.1) is 0 Å². The van der Waals surface area contributed by atoms with E-state index in [1.165, 1.54) is 0 Å². The predicted molar refractivity (Wildman–Crippen MR) is 43.9 cm³/mol. The van der Waals surface area contributed by atoms with Crippen molar-refractivity contribution >= 4 is 0 Å². The molecule has 0 spiro atoms. The Labute approximate surface area is 76.9 Å². The zero-order valence-electron chi connectivity index (χ0n) is 8.22. The average molecular weight is 186 g/mol. The highest BCUT2D eigenvalue weighted by atomic mass is 19.1. The van der Waals surface area contributed by atoms with E-state index >= 15 is 0 Å². The number of hydrogen-bond acceptors (Lipinski definition) is 4. The molecule has 1 saturated heterocycles. The van der Waals surface area contributed by atoms with Crippen molar-refractivity contribution in [2.24, 2.45) is 0 Å². The van der Waals surface area contributed by atoms with E-state index in [9.17, 15) is 4.39 Å². The van der Waals surface area contributed by atoms with Gasteiger partial charge in [-0.1, -0.05) is 5.16 Å². The highest BCUT2D eigenvalue weighted by molar-refractivity contribution is 5.01. The van der Waals surface area contributed by atoms with E-state index in [0.29, 0.717) is 6.42 Å². The molecule has 1 aliphatic rings. The van der Waals surface area contributed by atoms with E-state index in [2.05, 4.69) is 15.5 Å². The second kappa shape index (κ2) is 3.06. The van der Waals surface area contributed by atoms with Gasteiger partial charge in [0.25, 0.3) is 5.89 Å². The van der Waals surface area contributed by atoms with Crippen molar-refractivity contribution in [1.29, 1.82) is 0 Å². The number of nitrogens with one attached hydrogen (secondary N) is 1. The van der Waals surface area contributed by atoms with Crippen LogP contribution in [-0.4, -0.2) is 23.2 Å². The summed E-state index contributed by atoms with van der Waals surface area (Å²) in [5.74, 6) is 0.245. The molecule has 1 atom stereocenters. The lowest BCUT2D eigenvalue weighted by Crippen LogP contribution is -2.40. The van der Waals surface area contributed by atoms with Gasteiger partial charge in [0, 0.05) is 7.92 Å². The van der Waals surface area contributed by atoms with Crippen LogP contribution in [0.3, 0.4) is 0 Å². The van der Waals surface area contributed by atoms with Gasteiger partial charge in [-0.3, -0.25) is 0 Å². The number of aromatic nitrogens is 2. The fourth-order valence-electron chi connectivity index (χ4n) is 1.49. The van der Waals surface area contributed by atoms with Gasteiger partial charge >= 0.3 is 0 Å². The van der Waals surface area contributed by atoms with Gasteiger partial charge < -0.3 is 9.84 Å². The third-order valence-electron chi connectivity index (χ3n) is 2.18. The number of halogens is 1. The molecule has 1 fully saturated rings. The Morgan fingerprint density at radius 3 is 3.31 bits per heavy atom. The summed E-state index contributed by atoms with van der Waals surface area (Å²) in [6.07, 6.45) is 1.16. The highest BCUT2D eigenvalue weighted by Crippen LogP contribution is 2.31. The number of piperidine rings is 1. The molecule has 0 radical (unpaired) electrons. The first-order valence-corrected chi connectivity index (χ1v) is 4.26. The molecule has 2 heterocycles. The molecule has 1 aromatic rings. The Bertz CT molecular complexity index is 311. The van der Waals surface area contributed by atoms with E-state index in [1.54, 1.807) is 0 Å². The molecule has 0 aromatic carbocycles. The summed E-state index contributed by atoms with van der Waals surface area (Å²) in [5.41, 5.74) is -1.54. The summed E-state index contributed by atoms with van der Waals surface area (Å²) in [6, 6.07) is 0. The third-order valence-corrected chi connectivity index (χ3v) is 2.18. The molecule has 4 nitrogen and oxygen atoms in total. The van der Waals surface area contributed by atoms with E-state index in [0.717, 1.165) is 13.0 Å². The van der Waals surface area contributed by atoms with Crippen molar-refractivity contribution in [3.05, 3.63) is 11.7 Å². The standard InChI is InChI=1S/C8H12FN3O/c1-6-11-7(13-12-6)8(9)3-2-4-10-5-8/h10H,2-5H2,1H3/i1D. The molecule has 1 aliphatic heterocycles. The number of hydrogen-bond donors (Lipinski definition) is 1. The van der Waals surface area contributed by atoms with Gasteiger partial charge in [-0.25, -0.2) is 4.39 Å². The summed E-state index contributed by atoms with van der Waals surface area (Å²) < 4.78 is 25.9. The summed E-state index contributed by atoms with van der Waals surface area (Å²) in [7, 11) is 0. The van der Waals surface area contributed by atoms with Gasteiger partial charge in [0.1, 0.15) is 0 Å². The quantitative estimate of drug-likeness (QED) is 0.708. The van der Waals surface area contributed by atoms with Crippen LogP contribution in [0.5, 0.6) is 0 Å². The normalized spacial score (nSPS) is 30.1. The van der Waals surface area contributed by atoms with Crippen molar-refractivity contribution < 1.29 is 10.3 Å². The van der Waals surface area contributed by atoms with Crippen LogP contribution >= 0.6 is 0 Å². The number of nitrogens with zero attached hydrogens (tertiary/aromatic N) is 2. The van der Waals surface area contributed by atoms with Gasteiger partial charge in [0.2, 0.25) is 5.67 Å². The Hall–Kier alpha value is -0.970. The summed E-state index contributed by atoms with van der Waals surface area (Å²) in [5, 5.41) is 6.47. The van der Waals surface area contributed by atoms with Gasteiger partial charge in [0.05, 0.1) is 0 Å². The highest BCUT2D eigenvalue weighted by Gasteiger charge is 2.39. The Morgan fingerprint density at radius 2 is 2.69 bits per heavy atom. The predicted octanol–water partition coefficient (Wildman–Crippen LogP) is 0.926. The maximum Gasteiger partial charge on any atom is 0.265 e. The lowest BCUT2D eigenvalue weighted by molar-refractivity contribution is 0.0785. The number of rotatable bonds is 1. The second-order valence-electron chi connectivity index (χ2n) is 3.26. The van der Waals surface area contributed by atoms with Crippen molar-refractivity contribution in [1.82, 2.24) is 15.5 Å². The number of alkyl halides is 1. The van der Waals surface area contributed by atoms with Crippen LogP contribution in [-0.2, 0) is 5.67 Å². The van der Waals surface area contributed by atoms with Crippen molar-refractivity contribution in [2.45, 2.75) is 25.4 Å². The Balaban J connectivity index is 2.19. The van der Waals surface area contributed by atoms with Crippen LogP contribution in [0.4, 0.5) is 4.39 Å². The summed E-state index contributed by atoms with van der Waals surface area (Å²) >= 11 is 0. The third kappa shape index (κ3) is 1.56. The first-order valence-electron chi connectivity index (χ1n) is 4.97. The molecule has 0 saturated carbocycles. The number of aryl methyl sites for hydroxylation is 1.